The van der Waals surface area contributed by atoms with Crippen LogP contribution in [0.15, 0.2) is 36.4 Å². The monoisotopic (exact) mass is 373 g/mol. The van der Waals surface area contributed by atoms with Crippen LogP contribution >= 0.6 is 0 Å². The van der Waals surface area contributed by atoms with Gasteiger partial charge in [0.05, 0.1) is 27.4 Å². The van der Waals surface area contributed by atoms with Crippen molar-refractivity contribution in [3.05, 3.63) is 47.5 Å². The van der Waals surface area contributed by atoms with Crippen molar-refractivity contribution >= 4 is 0 Å². The fourth-order valence-electron chi connectivity index (χ4n) is 2.76. The molecule has 0 atom stereocenters. The van der Waals surface area contributed by atoms with Crippen molar-refractivity contribution in [3.63, 3.8) is 0 Å². The first kappa shape index (κ1) is 20.9. The minimum absolute atomic E-state index is 0.624. The van der Waals surface area contributed by atoms with Gasteiger partial charge in [0.1, 0.15) is 0 Å². The average molecular weight is 373 g/mol. The fraction of sp³-hybridized carbons (Fsp3) is 0.455. The molecule has 2 rings (SSSR count). The Hall–Kier alpha value is -2.40. The molecule has 0 spiro atoms. The third-order valence-electron chi connectivity index (χ3n) is 4.14. The van der Waals surface area contributed by atoms with Gasteiger partial charge in [-0.3, -0.25) is 0 Å². The average Bonchev–Trinajstić information content (AvgIpc) is 2.70. The molecule has 0 saturated carbocycles. The first-order chi connectivity index (χ1) is 13.2. The molecule has 0 aliphatic heterocycles. The van der Waals surface area contributed by atoms with Crippen molar-refractivity contribution in [1.82, 2.24) is 5.32 Å². The van der Waals surface area contributed by atoms with E-state index in [0.29, 0.717) is 13.2 Å². The summed E-state index contributed by atoms with van der Waals surface area (Å²) in [5.74, 6) is 3.14. The second-order valence-corrected chi connectivity index (χ2v) is 6.18. The first-order valence-corrected chi connectivity index (χ1v) is 9.51. The second kappa shape index (κ2) is 11.3. The van der Waals surface area contributed by atoms with E-state index in [2.05, 4.69) is 30.4 Å². The molecule has 5 nitrogen and oxygen atoms in total. The summed E-state index contributed by atoms with van der Waals surface area (Å²) >= 11 is 0. The van der Waals surface area contributed by atoms with Gasteiger partial charge in [0, 0.05) is 6.54 Å². The smallest absolute Gasteiger partial charge is 0.161 e. The van der Waals surface area contributed by atoms with E-state index in [9.17, 15) is 0 Å². The first-order valence-electron chi connectivity index (χ1n) is 9.51. The quantitative estimate of drug-likeness (QED) is 0.565. The van der Waals surface area contributed by atoms with Crippen molar-refractivity contribution in [3.8, 4) is 23.0 Å². The predicted molar refractivity (Wildman–Crippen MR) is 108 cm³/mol. The highest BCUT2D eigenvalue weighted by molar-refractivity contribution is 5.44. The van der Waals surface area contributed by atoms with Gasteiger partial charge in [-0.25, -0.2) is 0 Å². The number of nitrogens with one attached hydrogen (secondary N) is 1. The molecule has 0 heterocycles. The molecule has 1 N–H and O–H groups in total. The third kappa shape index (κ3) is 6.36. The number of rotatable bonds is 12. The van der Waals surface area contributed by atoms with E-state index >= 15 is 0 Å². The van der Waals surface area contributed by atoms with Crippen LogP contribution in [0.3, 0.4) is 0 Å². The van der Waals surface area contributed by atoms with Gasteiger partial charge >= 0.3 is 0 Å². The van der Waals surface area contributed by atoms with Crippen molar-refractivity contribution in [2.75, 3.05) is 34.0 Å². The molecule has 0 aromatic heterocycles. The summed E-state index contributed by atoms with van der Waals surface area (Å²) in [6.07, 6.45) is 1.89. The highest BCUT2D eigenvalue weighted by Crippen LogP contribution is 2.29. The molecule has 0 unspecified atom stereocenters. The number of hydrogen-bond donors (Lipinski definition) is 1. The van der Waals surface area contributed by atoms with E-state index < -0.39 is 0 Å². The lowest BCUT2D eigenvalue weighted by Gasteiger charge is -2.13. The Kier molecular flexibility index (Phi) is 8.78. The molecule has 0 fully saturated rings. The molecular weight excluding hydrogens is 342 g/mol. The van der Waals surface area contributed by atoms with E-state index in [4.69, 9.17) is 18.9 Å². The number of benzene rings is 2. The van der Waals surface area contributed by atoms with Gasteiger partial charge < -0.3 is 24.3 Å². The van der Waals surface area contributed by atoms with Crippen molar-refractivity contribution < 1.29 is 18.9 Å². The zero-order valence-corrected chi connectivity index (χ0v) is 16.8. The van der Waals surface area contributed by atoms with E-state index in [0.717, 1.165) is 48.9 Å². The largest absolute Gasteiger partial charge is 0.493 e. The molecule has 27 heavy (non-hydrogen) atoms. The van der Waals surface area contributed by atoms with Crippen LogP contribution in [0.5, 0.6) is 23.0 Å². The van der Waals surface area contributed by atoms with Gasteiger partial charge in [-0.05, 0) is 61.7 Å². The number of ether oxygens (including phenoxy) is 4. The van der Waals surface area contributed by atoms with Crippen LogP contribution in [0.4, 0.5) is 0 Å². The van der Waals surface area contributed by atoms with Crippen LogP contribution in [0, 0.1) is 0 Å². The van der Waals surface area contributed by atoms with E-state index in [1.165, 1.54) is 11.1 Å². The maximum absolute atomic E-state index is 5.75. The molecule has 0 aliphatic carbocycles. The van der Waals surface area contributed by atoms with Crippen LogP contribution in [-0.4, -0.2) is 34.0 Å². The molecule has 0 saturated heterocycles. The topological polar surface area (TPSA) is 49.0 Å². The Morgan fingerprint density at radius 1 is 0.778 bits per heavy atom. The SMILES string of the molecule is CCCOc1ccc(CNCCc2ccc(OC)c(OC)c2)cc1OCC. The van der Waals surface area contributed by atoms with Crippen molar-refractivity contribution in [2.45, 2.75) is 33.2 Å². The van der Waals surface area contributed by atoms with Gasteiger partial charge in [-0.2, -0.15) is 0 Å². The summed E-state index contributed by atoms with van der Waals surface area (Å²) in [6.45, 7) is 7.05. The molecule has 0 aliphatic rings. The maximum Gasteiger partial charge on any atom is 0.161 e. The molecule has 5 heteroatoms. The minimum Gasteiger partial charge on any atom is -0.493 e. The summed E-state index contributed by atoms with van der Waals surface area (Å²) in [7, 11) is 3.30. The van der Waals surface area contributed by atoms with Crippen LogP contribution in [0.25, 0.3) is 0 Å². The Morgan fingerprint density at radius 2 is 1.48 bits per heavy atom. The summed E-state index contributed by atoms with van der Waals surface area (Å²) in [6, 6.07) is 12.2. The van der Waals surface area contributed by atoms with Gasteiger partial charge in [-0.1, -0.05) is 19.1 Å². The van der Waals surface area contributed by atoms with E-state index in [1.807, 2.05) is 25.1 Å². The lowest BCUT2D eigenvalue weighted by Crippen LogP contribution is -2.16. The molecule has 2 aromatic rings. The summed E-state index contributed by atoms with van der Waals surface area (Å²) in [5.41, 5.74) is 2.38. The summed E-state index contributed by atoms with van der Waals surface area (Å²) in [4.78, 5) is 0. The Labute approximate surface area is 162 Å². The van der Waals surface area contributed by atoms with Gasteiger partial charge in [0.15, 0.2) is 23.0 Å². The second-order valence-electron chi connectivity index (χ2n) is 6.18. The Morgan fingerprint density at radius 3 is 2.19 bits per heavy atom. The van der Waals surface area contributed by atoms with Crippen LogP contribution in [-0.2, 0) is 13.0 Å². The zero-order chi connectivity index (χ0) is 19.5. The molecule has 0 radical (unpaired) electrons. The number of methoxy groups -OCH3 is 2. The van der Waals surface area contributed by atoms with Crippen molar-refractivity contribution in [2.24, 2.45) is 0 Å². The van der Waals surface area contributed by atoms with Crippen LogP contribution in [0.1, 0.15) is 31.4 Å². The maximum atomic E-state index is 5.75. The molecule has 148 valence electrons. The minimum atomic E-state index is 0.624. The Balaban J connectivity index is 1.88. The summed E-state index contributed by atoms with van der Waals surface area (Å²) < 4.78 is 22.1. The standard InChI is InChI=1S/C22H31NO4/c1-5-13-27-20-10-8-18(15-22(20)26-6-2)16-23-12-11-17-7-9-19(24-3)21(14-17)25-4/h7-10,14-15,23H,5-6,11-13,16H2,1-4H3. The molecule has 0 amide bonds. The summed E-state index contributed by atoms with van der Waals surface area (Å²) in [5, 5.41) is 3.48. The van der Waals surface area contributed by atoms with E-state index in [1.54, 1.807) is 14.2 Å². The third-order valence-corrected chi connectivity index (χ3v) is 4.14. The highest BCUT2D eigenvalue weighted by Gasteiger charge is 2.07. The number of hydrogen-bond acceptors (Lipinski definition) is 5. The lowest BCUT2D eigenvalue weighted by atomic mass is 10.1. The van der Waals surface area contributed by atoms with E-state index in [-0.39, 0.29) is 0 Å². The normalized spacial score (nSPS) is 10.5. The lowest BCUT2D eigenvalue weighted by molar-refractivity contribution is 0.276. The molecular formula is C22H31NO4. The fourth-order valence-corrected chi connectivity index (χ4v) is 2.76. The van der Waals surface area contributed by atoms with Gasteiger partial charge in [0.25, 0.3) is 0 Å². The molecule has 0 bridgehead atoms. The zero-order valence-electron chi connectivity index (χ0n) is 16.8. The molecule has 2 aromatic carbocycles. The van der Waals surface area contributed by atoms with Crippen molar-refractivity contribution in [1.29, 1.82) is 0 Å². The Bertz CT molecular complexity index is 703. The van der Waals surface area contributed by atoms with Crippen LogP contribution in [0.2, 0.25) is 0 Å². The highest BCUT2D eigenvalue weighted by atomic mass is 16.5. The van der Waals surface area contributed by atoms with Crippen LogP contribution < -0.4 is 24.3 Å². The van der Waals surface area contributed by atoms with Gasteiger partial charge in [-0.15, -0.1) is 0 Å². The predicted octanol–water partition coefficient (Wildman–Crippen LogP) is 4.22. The van der Waals surface area contributed by atoms with Gasteiger partial charge in [0.2, 0.25) is 0 Å².